The highest BCUT2D eigenvalue weighted by molar-refractivity contribution is 7.98. The predicted octanol–water partition coefficient (Wildman–Crippen LogP) is 2.68. The molecule has 0 heterocycles. The molecule has 0 aromatic heterocycles. The highest BCUT2D eigenvalue weighted by Crippen LogP contribution is 2.18. The zero-order chi connectivity index (χ0) is 11.8. The third kappa shape index (κ3) is 4.41. The standard InChI is InChI=1S/C12H18FNOS/c1-14-9-10-4-5-12(11(13)8-10)15-6-3-7-16-2/h4-5,8,14H,3,6-7,9H2,1-2H3. The minimum atomic E-state index is -0.281. The number of halogens is 1. The molecule has 1 rings (SSSR count). The summed E-state index contributed by atoms with van der Waals surface area (Å²) in [5, 5.41) is 2.98. The van der Waals surface area contributed by atoms with Crippen molar-refractivity contribution >= 4 is 11.8 Å². The first-order valence-electron chi connectivity index (χ1n) is 5.32. The molecular weight excluding hydrogens is 225 g/mol. The molecule has 0 aliphatic heterocycles. The van der Waals surface area contributed by atoms with Crippen LogP contribution < -0.4 is 10.1 Å². The molecule has 0 spiro atoms. The second-order valence-corrected chi connectivity index (χ2v) is 4.48. The summed E-state index contributed by atoms with van der Waals surface area (Å²) in [5.41, 5.74) is 0.927. The third-order valence-electron chi connectivity index (χ3n) is 2.13. The van der Waals surface area contributed by atoms with Gasteiger partial charge in [-0.05, 0) is 43.2 Å². The van der Waals surface area contributed by atoms with Crippen LogP contribution in [0.3, 0.4) is 0 Å². The van der Waals surface area contributed by atoms with E-state index in [-0.39, 0.29) is 5.82 Å². The van der Waals surface area contributed by atoms with E-state index in [0.29, 0.717) is 18.9 Å². The van der Waals surface area contributed by atoms with Crippen molar-refractivity contribution < 1.29 is 9.13 Å². The Kier molecular flexibility index (Phi) is 6.26. The van der Waals surface area contributed by atoms with E-state index in [0.717, 1.165) is 17.7 Å². The van der Waals surface area contributed by atoms with E-state index in [9.17, 15) is 4.39 Å². The lowest BCUT2D eigenvalue weighted by Crippen LogP contribution is -2.06. The Balaban J connectivity index is 2.47. The SMILES string of the molecule is CNCc1ccc(OCCCSC)c(F)c1. The first-order chi connectivity index (χ1) is 7.77. The molecule has 16 heavy (non-hydrogen) atoms. The van der Waals surface area contributed by atoms with Crippen molar-refractivity contribution in [2.24, 2.45) is 0 Å². The summed E-state index contributed by atoms with van der Waals surface area (Å²) in [6.07, 6.45) is 2.99. The van der Waals surface area contributed by atoms with Crippen LogP contribution in [0.1, 0.15) is 12.0 Å². The fraction of sp³-hybridized carbons (Fsp3) is 0.500. The van der Waals surface area contributed by atoms with Gasteiger partial charge in [0.25, 0.3) is 0 Å². The van der Waals surface area contributed by atoms with Crippen molar-refractivity contribution in [2.75, 3.05) is 25.7 Å². The molecule has 1 aromatic carbocycles. The number of thioether (sulfide) groups is 1. The fourth-order valence-electron chi connectivity index (χ4n) is 1.36. The topological polar surface area (TPSA) is 21.3 Å². The molecule has 1 N–H and O–H groups in total. The maximum Gasteiger partial charge on any atom is 0.165 e. The van der Waals surface area contributed by atoms with Crippen LogP contribution in [0, 0.1) is 5.82 Å². The maximum absolute atomic E-state index is 13.5. The highest BCUT2D eigenvalue weighted by atomic mass is 32.2. The van der Waals surface area contributed by atoms with Crippen molar-refractivity contribution in [3.05, 3.63) is 29.6 Å². The normalized spacial score (nSPS) is 10.4. The van der Waals surface area contributed by atoms with E-state index in [1.54, 1.807) is 17.8 Å². The number of hydrogen-bond donors (Lipinski definition) is 1. The van der Waals surface area contributed by atoms with Crippen molar-refractivity contribution in [3.8, 4) is 5.75 Å². The summed E-state index contributed by atoms with van der Waals surface area (Å²) < 4.78 is 18.9. The summed E-state index contributed by atoms with van der Waals surface area (Å²) in [4.78, 5) is 0. The lowest BCUT2D eigenvalue weighted by molar-refractivity contribution is 0.302. The van der Waals surface area contributed by atoms with Gasteiger partial charge in [0.2, 0.25) is 0 Å². The van der Waals surface area contributed by atoms with Crippen LogP contribution in [0.2, 0.25) is 0 Å². The molecule has 0 aliphatic rings. The highest BCUT2D eigenvalue weighted by Gasteiger charge is 2.04. The summed E-state index contributed by atoms with van der Waals surface area (Å²) in [6, 6.07) is 5.09. The van der Waals surface area contributed by atoms with E-state index in [1.165, 1.54) is 6.07 Å². The number of ether oxygens (including phenoxy) is 1. The van der Waals surface area contributed by atoms with E-state index in [4.69, 9.17) is 4.74 Å². The van der Waals surface area contributed by atoms with Gasteiger partial charge >= 0.3 is 0 Å². The molecule has 90 valence electrons. The second kappa shape index (κ2) is 7.52. The second-order valence-electron chi connectivity index (χ2n) is 3.49. The summed E-state index contributed by atoms with van der Waals surface area (Å²) in [6.45, 7) is 1.24. The molecule has 0 bridgehead atoms. The van der Waals surface area contributed by atoms with E-state index in [2.05, 4.69) is 5.32 Å². The van der Waals surface area contributed by atoms with Crippen LogP contribution in [-0.4, -0.2) is 25.7 Å². The van der Waals surface area contributed by atoms with Crippen molar-refractivity contribution in [3.63, 3.8) is 0 Å². The molecular formula is C12H18FNOS. The van der Waals surface area contributed by atoms with Crippen LogP contribution in [0.15, 0.2) is 18.2 Å². The van der Waals surface area contributed by atoms with Gasteiger partial charge in [-0.3, -0.25) is 0 Å². The molecule has 2 nitrogen and oxygen atoms in total. The van der Waals surface area contributed by atoms with E-state index >= 15 is 0 Å². The Morgan fingerprint density at radius 2 is 2.25 bits per heavy atom. The third-order valence-corrected chi connectivity index (χ3v) is 2.82. The van der Waals surface area contributed by atoms with E-state index in [1.807, 2.05) is 19.4 Å². The summed E-state index contributed by atoms with van der Waals surface area (Å²) in [5.74, 6) is 1.11. The van der Waals surface area contributed by atoms with E-state index < -0.39 is 0 Å². The Hall–Kier alpha value is -0.740. The Morgan fingerprint density at radius 3 is 2.88 bits per heavy atom. The molecule has 0 radical (unpaired) electrons. The Labute approximate surface area is 101 Å². The molecule has 0 amide bonds. The minimum Gasteiger partial charge on any atom is -0.490 e. The lowest BCUT2D eigenvalue weighted by Gasteiger charge is -2.08. The predicted molar refractivity (Wildman–Crippen MR) is 67.7 cm³/mol. The smallest absolute Gasteiger partial charge is 0.165 e. The summed E-state index contributed by atoms with van der Waals surface area (Å²) >= 11 is 1.77. The van der Waals surface area contributed by atoms with Gasteiger partial charge in [-0.15, -0.1) is 0 Å². The molecule has 0 aliphatic carbocycles. The van der Waals surface area contributed by atoms with Gasteiger partial charge in [-0.25, -0.2) is 4.39 Å². The molecule has 0 saturated heterocycles. The largest absolute Gasteiger partial charge is 0.490 e. The van der Waals surface area contributed by atoms with Crippen molar-refractivity contribution in [2.45, 2.75) is 13.0 Å². The molecule has 1 aromatic rings. The zero-order valence-electron chi connectivity index (χ0n) is 9.75. The molecule has 0 saturated carbocycles. The maximum atomic E-state index is 13.5. The zero-order valence-corrected chi connectivity index (χ0v) is 10.6. The first kappa shape index (κ1) is 13.3. The molecule has 0 fully saturated rings. The van der Waals surface area contributed by atoms with Gasteiger partial charge in [0.1, 0.15) is 0 Å². The lowest BCUT2D eigenvalue weighted by atomic mass is 10.2. The number of hydrogen-bond acceptors (Lipinski definition) is 3. The average Bonchev–Trinajstić information content (AvgIpc) is 2.27. The van der Waals surface area contributed by atoms with Gasteiger partial charge in [0.05, 0.1) is 6.61 Å². The van der Waals surface area contributed by atoms with Crippen LogP contribution in [-0.2, 0) is 6.54 Å². The average molecular weight is 243 g/mol. The van der Waals surface area contributed by atoms with Gasteiger partial charge in [0.15, 0.2) is 11.6 Å². The Morgan fingerprint density at radius 1 is 1.44 bits per heavy atom. The van der Waals surface area contributed by atoms with Gasteiger partial charge in [-0.2, -0.15) is 11.8 Å². The number of rotatable bonds is 7. The minimum absolute atomic E-state index is 0.281. The summed E-state index contributed by atoms with van der Waals surface area (Å²) in [7, 11) is 1.84. The Bertz CT molecular complexity index is 320. The fourth-order valence-corrected chi connectivity index (χ4v) is 1.77. The number of benzene rings is 1. The molecule has 0 unspecified atom stereocenters. The van der Waals surface area contributed by atoms with Gasteiger partial charge < -0.3 is 10.1 Å². The van der Waals surface area contributed by atoms with Gasteiger partial charge in [0, 0.05) is 6.54 Å². The van der Waals surface area contributed by atoms with Crippen LogP contribution in [0.25, 0.3) is 0 Å². The van der Waals surface area contributed by atoms with Gasteiger partial charge in [-0.1, -0.05) is 6.07 Å². The van der Waals surface area contributed by atoms with Crippen LogP contribution in [0.5, 0.6) is 5.75 Å². The monoisotopic (exact) mass is 243 g/mol. The first-order valence-corrected chi connectivity index (χ1v) is 6.72. The molecule has 4 heteroatoms. The van der Waals surface area contributed by atoms with Crippen molar-refractivity contribution in [1.29, 1.82) is 0 Å². The quantitative estimate of drug-likeness (QED) is 0.744. The van der Waals surface area contributed by atoms with Crippen molar-refractivity contribution in [1.82, 2.24) is 5.32 Å². The molecule has 0 atom stereocenters. The number of nitrogens with one attached hydrogen (secondary N) is 1. The van der Waals surface area contributed by atoms with Crippen LogP contribution >= 0.6 is 11.8 Å². The van der Waals surface area contributed by atoms with Crippen LogP contribution in [0.4, 0.5) is 4.39 Å².